The van der Waals surface area contributed by atoms with Crippen molar-refractivity contribution in [1.29, 1.82) is 0 Å². The molecule has 0 spiro atoms. The minimum Gasteiger partial charge on any atom is -0.352 e. The molecule has 1 aromatic rings. The molecular formula is C21H29ClN2O3S. The van der Waals surface area contributed by atoms with Crippen molar-refractivity contribution < 1.29 is 13.2 Å². The second-order valence-electron chi connectivity index (χ2n) is 9.28. The third-order valence-corrected chi connectivity index (χ3v) is 9.34. The van der Waals surface area contributed by atoms with E-state index in [1.54, 1.807) is 0 Å². The van der Waals surface area contributed by atoms with Gasteiger partial charge >= 0.3 is 0 Å². The Bertz CT molecular complexity index is 818. The van der Waals surface area contributed by atoms with E-state index in [2.05, 4.69) is 12.2 Å². The van der Waals surface area contributed by atoms with Gasteiger partial charge in [-0.05, 0) is 92.9 Å². The SMILES string of the molecule is C[C@@H](NC(=O)CN(C)S(=O)(=O)c1ccc(Cl)cc1)C12CC3CC(CC(C3)C1)C2. The number of nitrogens with zero attached hydrogens (tertiary/aromatic N) is 1. The lowest BCUT2D eigenvalue weighted by atomic mass is 9.48. The van der Waals surface area contributed by atoms with E-state index in [9.17, 15) is 13.2 Å². The lowest BCUT2D eigenvalue weighted by Gasteiger charge is -2.59. The maximum absolute atomic E-state index is 12.7. The fourth-order valence-corrected chi connectivity index (χ4v) is 7.48. The van der Waals surface area contributed by atoms with Gasteiger partial charge in [0.05, 0.1) is 11.4 Å². The number of hydrogen-bond donors (Lipinski definition) is 1. The minimum absolute atomic E-state index is 0.0834. The Morgan fingerprint density at radius 1 is 1.14 bits per heavy atom. The quantitative estimate of drug-likeness (QED) is 0.757. The molecule has 4 aliphatic rings. The molecule has 5 rings (SSSR count). The van der Waals surface area contributed by atoms with Crippen LogP contribution in [0.2, 0.25) is 5.02 Å². The second-order valence-corrected chi connectivity index (χ2v) is 11.8. The van der Waals surface area contributed by atoms with Crippen LogP contribution in [0.4, 0.5) is 0 Å². The Morgan fingerprint density at radius 3 is 2.14 bits per heavy atom. The van der Waals surface area contributed by atoms with Gasteiger partial charge in [0.15, 0.2) is 0 Å². The predicted molar refractivity (Wildman–Crippen MR) is 109 cm³/mol. The van der Waals surface area contributed by atoms with Crippen molar-refractivity contribution in [1.82, 2.24) is 9.62 Å². The minimum atomic E-state index is -3.72. The van der Waals surface area contributed by atoms with E-state index in [-0.39, 0.29) is 28.8 Å². The average molecular weight is 425 g/mol. The molecular weight excluding hydrogens is 396 g/mol. The summed E-state index contributed by atoms with van der Waals surface area (Å²) in [6.45, 7) is 1.93. The molecule has 4 fully saturated rings. The first kappa shape index (κ1) is 20.2. The summed E-state index contributed by atoms with van der Waals surface area (Å²) in [6, 6.07) is 6.09. The van der Waals surface area contributed by atoms with Crippen molar-refractivity contribution in [2.45, 2.75) is 56.4 Å². The molecule has 5 nitrogen and oxygen atoms in total. The van der Waals surface area contributed by atoms with Crippen LogP contribution in [-0.2, 0) is 14.8 Å². The number of nitrogens with one attached hydrogen (secondary N) is 1. The van der Waals surface area contributed by atoms with Gasteiger partial charge in [-0.15, -0.1) is 0 Å². The largest absolute Gasteiger partial charge is 0.352 e. The highest BCUT2D eigenvalue weighted by atomic mass is 35.5. The second kappa shape index (κ2) is 7.29. The van der Waals surface area contributed by atoms with Gasteiger partial charge in [0.1, 0.15) is 0 Å². The molecule has 1 amide bonds. The van der Waals surface area contributed by atoms with Gasteiger partial charge in [-0.1, -0.05) is 11.6 Å². The monoisotopic (exact) mass is 424 g/mol. The van der Waals surface area contributed by atoms with Crippen molar-refractivity contribution in [3.05, 3.63) is 29.3 Å². The van der Waals surface area contributed by atoms with E-state index in [1.807, 2.05) is 0 Å². The highest BCUT2D eigenvalue weighted by molar-refractivity contribution is 7.89. The lowest BCUT2D eigenvalue weighted by molar-refractivity contribution is -0.125. The zero-order valence-electron chi connectivity index (χ0n) is 16.5. The van der Waals surface area contributed by atoms with E-state index < -0.39 is 10.0 Å². The van der Waals surface area contributed by atoms with Crippen molar-refractivity contribution in [2.24, 2.45) is 23.2 Å². The Morgan fingerprint density at radius 2 is 1.64 bits per heavy atom. The van der Waals surface area contributed by atoms with Crippen molar-refractivity contribution >= 4 is 27.5 Å². The standard InChI is InChI=1S/C21H29ClN2O3S/c1-14(21-10-15-7-16(11-21)9-17(8-15)12-21)23-20(25)13-24(2)28(26,27)19-5-3-18(22)4-6-19/h3-6,14-17H,7-13H2,1-2H3,(H,23,25)/t14-,15?,16?,17?,21?/m1/s1. The molecule has 4 aliphatic carbocycles. The molecule has 28 heavy (non-hydrogen) atoms. The summed E-state index contributed by atoms with van der Waals surface area (Å²) >= 11 is 5.84. The highest BCUT2D eigenvalue weighted by Gasteiger charge is 2.53. The first-order valence-corrected chi connectivity index (χ1v) is 12.0. The molecule has 0 aromatic heterocycles. The van der Waals surface area contributed by atoms with Gasteiger partial charge < -0.3 is 5.32 Å². The zero-order chi connectivity index (χ0) is 20.1. The number of sulfonamides is 1. The summed E-state index contributed by atoms with van der Waals surface area (Å²) < 4.78 is 26.5. The zero-order valence-corrected chi connectivity index (χ0v) is 18.1. The lowest BCUT2D eigenvalue weighted by Crippen LogP contribution is -2.56. The fraction of sp³-hybridized carbons (Fsp3) is 0.667. The number of halogens is 1. The van der Waals surface area contributed by atoms with Crippen molar-refractivity contribution in [2.75, 3.05) is 13.6 Å². The maximum atomic E-state index is 12.7. The van der Waals surface area contributed by atoms with Crippen LogP contribution in [0.15, 0.2) is 29.2 Å². The highest BCUT2D eigenvalue weighted by Crippen LogP contribution is 2.61. The van der Waals surface area contributed by atoms with E-state index >= 15 is 0 Å². The van der Waals surface area contributed by atoms with E-state index in [1.165, 1.54) is 69.8 Å². The molecule has 0 aliphatic heterocycles. The van der Waals surface area contributed by atoms with Crippen LogP contribution in [-0.4, -0.2) is 38.3 Å². The first-order valence-electron chi connectivity index (χ1n) is 10.2. The number of hydrogen-bond acceptors (Lipinski definition) is 3. The number of carbonyl (C=O) groups excluding carboxylic acids is 1. The number of rotatable bonds is 6. The molecule has 0 heterocycles. The predicted octanol–water partition coefficient (Wildman–Crippen LogP) is 3.68. The van der Waals surface area contributed by atoms with Crippen LogP contribution in [0.5, 0.6) is 0 Å². The molecule has 7 heteroatoms. The van der Waals surface area contributed by atoms with Gasteiger partial charge in [-0.2, -0.15) is 4.31 Å². The molecule has 154 valence electrons. The Hall–Kier alpha value is -1.11. The number of benzene rings is 1. The summed E-state index contributed by atoms with van der Waals surface area (Å²) in [7, 11) is -2.27. The molecule has 0 unspecified atom stereocenters. The van der Waals surface area contributed by atoms with E-state index in [0.29, 0.717) is 5.02 Å². The smallest absolute Gasteiger partial charge is 0.243 e. The Balaban J connectivity index is 1.39. The summed E-state index contributed by atoms with van der Waals surface area (Å²) in [4.78, 5) is 12.8. The molecule has 0 saturated heterocycles. The van der Waals surface area contributed by atoms with Crippen LogP contribution >= 0.6 is 11.6 Å². The van der Waals surface area contributed by atoms with Gasteiger partial charge in [0.25, 0.3) is 0 Å². The van der Waals surface area contributed by atoms with Gasteiger partial charge in [0, 0.05) is 18.1 Å². The maximum Gasteiger partial charge on any atom is 0.243 e. The summed E-state index contributed by atoms with van der Waals surface area (Å²) in [5, 5.41) is 3.61. The average Bonchev–Trinajstić information content (AvgIpc) is 2.60. The van der Waals surface area contributed by atoms with Crippen LogP contribution in [0.3, 0.4) is 0 Å². The van der Waals surface area contributed by atoms with Crippen LogP contribution in [0, 0.1) is 23.2 Å². The van der Waals surface area contributed by atoms with E-state index in [0.717, 1.165) is 22.1 Å². The summed E-state index contributed by atoms with van der Waals surface area (Å²) in [5.41, 5.74) is 0.206. The molecule has 1 atom stereocenters. The topological polar surface area (TPSA) is 66.5 Å². The van der Waals surface area contributed by atoms with Gasteiger partial charge in [-0.25, -0.2) is 8.42 Å². The Kier molecular flexibility index (Phi) is 5.26. The third kappa shape index (κ3) is 3.71. The molecule has 0 radical (unpaired) electrons. The first-order chi connectivity index (χ1) is 13.2. The molecule has 1 N–H and O–H groups in total. The normalized spacial score (nSPS) is 32.5. The van der Waals surface area contributed by atoms with E-state index in [4.69, 9.17) is 11.6 Å². The van der Waals surface area contributed by atoms with Crippen LogP contribution < -0.4 is 5.32 Å². The van der Waals surface area contributed by atoms with Crippen molar-refractivity contribution in [3.8, 4) is 0 Å². The fourth-order valence-electron chi connectivity index (χ4n) is 6.22. The van der Waals surface area contributed by atoms with Crippen molar-refractivity contribution in [3.63, 3.8) is 0 Å². The number of likely N-dealkylation sites (N-methyl/N-ethyl adjacent to an activating group) is 1. The number of carbonyl (C=O) groups is 1. The summed E-state index contributed by atoms with van der Waals surface area (Å²) in [5.74, 6) is 2.22. The van der Waals surface area contributed by atoms with Crippen LogP contribution in [0.1, 0.15) is 45.4 Å². The van der Waals surface area contributed by atoms with Gasteiger partial charge in [-0.3, -0.25) is 4.79 Å². The number of amides is 1. The van der Waals surface area contributed by atoms with Crippen LogP contribution in [0.25, 0.3) is 0 Å². The molecule has 4 saturated carbocycles. The Labute approximate surface area is 172 Å². The molecule has 1 aromatic carbocycles. The molecule has 4 bridgehead atoms. The summed E-state index contributed by atoms with van der Waals surface area (Å²) in [6.07, 6.45) is 7.71. The van der Waals surface area contributed by atoms with Gasteiger partial charge in [0.2, 0.25) is 15.9 Å². The third-order valence-electron chi connectivity index (χ3n) is 7.27.